The van der Waals surface area contributed by atoms with E-state index in [1.807, 2.05) is 0 Å². The van der Waals surface area contributed by atoms with E-state index in [4.69, 9.17) is 11.2 Å². The number of aliphatic hydroxyl groups excluding tert-OH is 1. The van der Waals surface area contributed by atoms with Crippen LogP contribution < -0.4 is 20.7 Å². The molecular weight excluding hydrogens is 518 g/mol. The van der Waals surface area contributed by atoms with Crippen LogP contribution in [0.25, 0.3) is 0 Å². The summed E-state index contributed by atoms with van der Waals surface area (Å²) in [7, 11) is 0. The van der Waals surface area contributed by atoms with Gasteiger partial charge in [0.15, 0.2) is 0 Å². The van der Waals surface area contributed by atoms with E-state index >= 15 is 0 Å². The molecule has 2 bridgehead atoms. The molecule has 39 heavy (non-hydrogen) atoms. The third-order valence-corrected chi connectivity index (χ3v) is 6.16. The van der Waals surface area contributed by atoms with Crippen LogP contribution in [0, 0.1) is 18.2 Å². The van der Waals surface area contributed by atoms with E-state index in [1.165, 1.54) is 24.3 Å². The molecule has 0 fully saturated rings. The van der Waals surface area contributed by atoms with Gasteiger partial charge in [-0.2, -0.15) is 13.2 Å². The summed E-state index contributed by atoms with van der Waals surface area (Å²) in [5.41, 5.74) is 0.00802. The monoisotopic (exact) mass is 549 g/mol. The molecule has 0 saturated carbocycles. The van der Waals surface area contributed by atoms with Crippen molar-refractivity contribution in [1.82, 2.24) is 16.0 Å². The van der Waals surface area contributed by atoms with Crippen molar-refractivity contribution in [3.8, 4) is 18.1 Å². The van der Waals surface area contributed by atoms with Gasteiger partial charge in [-0.3, -0.25) is 9.59 Å². The lowest BCUT2D eigenvalue weighted by atomic mass is 9.99. The van der Waals surface area contributed by atoms with E-state index in [1.54, 1.807) is 6.07 Å². The number of carbonyl (C=O) groups excluding carboxylic acids is 2. The molecule has 0 unspecified atom stereocenters. The number of carbonyl (C=O) groups is 2. The number of amides is 2. The maximum absolute atomic E-state index is 14.3. The molecule has 4 N–H and O–H groups in total. The molecule has 2 aromatic carbocycles. The first kappa shape index (κ1) is 29.9. The fourth-order valence-corrected chi connectivity index (χ4v) is 4.18. The van der Waals surface area contributed by atoms with E-state index < -0.39 is 41.7 Å². The lowest BCUT2D eigenvalue weighted by Crippen LogP contribution is -2.54. The second-order valence-electron chi connectivity index (χ2n) is 9.34. The third-order valence-electron chi connectivity index (χ3n) is 6.16. The minimum absolute atomic E-state index is 0.00296. The highest BCUT2D eigenvalue weighted by molar-refractivity contribution is 5.88. The van der Waals surface area contributed by atoms with Gasteiger partial charge in [-0.15, -0.1) is 12.3 Å². The maximum Gasteiger partial charge on any atom is 0.416 e. The lowest BCUT2D eigenvalue weighted by molar-refractivity contribution is -0.137. The molecule has 3 atom stereocenters. The molecule has 2 amide bonds. The summed E-state index contributed by atoms with van der Waals surface area (Å²) in [6.07, 6.45) is 0.749. The van der Waals surface area contributed by atoms with Gasteiger partial charge in [0.25, 0.3) is 0 Å². The van der Waals surface area contributed by atoms with E-state index in [0.717, 1.165) is 12.1 Å². The van der Waals surface area contributed by atoms with Crippen LogP contribution in [0.5, 0.6) is 5.75 Å². The number of ether oxygens (including phenoxy) is 1. The van der Waals surface area contributed by atoms with Crippen molar-refractivity contribution in [2.24, 2.45) is 0 Å². The molecule has 0 saturated heterocycles. The number of aliphatic hydroxyl groups is 1. The second kappa shape index (κ2) is 14.0. The van der Waals surface area contributed by atoms with Gasteiger partial charge in [-0.1, -0.05) is 18.2 Å². The molecule has 11 heteroatoms. The average molecular weight is 550 g/mol. The normalized spacial score (nSPS) is 19.9. The number of halogens is 4. The Bertz CT molecular complexity index is 1180. The molecule has 3 rings (SSSR count). The van der Waals surface area contributed by atoms with Crippen molar-refractivity contribution >= 4 is 11.8 Å². The van der Waals surface area contributed by atoms with E-state index in [0.29, 0.717) is 24.0 Å². The number of fused-ring (bicyclic) bond motifs is 2. The Hall–Kier alpha value is -3.62. The van der Waals surface area contributed by atoms with Crippen LogP contribution in [0.4, 0.5) is 17.6 Å². The highest BCUT2D eigenvalue weighted by Gasteiger charge is 2.30. The Morgan fingerprint density at radius 1 is 1.15 bits per heavy atom. The van der Waals surface area contributed by atoms with Gasteiger partial charge in [0.05, 0.1) is 24.3 Å². The van der Waals surface area contributed by atoms with Crippen molar-refractivity contribution in [1.29, 1.82) is 0 Å². The Balaban J connectivity index is 1.78. The summed E-state index contributed by atoms with van der Waals surface area (Å²) in [5.74, 6) is 1.08. The van der Waals surface area contributed by atoms with Gasteiger partial charge in [-0.05, 0) is 48.6 Å². The fourth-order valence-electron chi connectivity index (χ4n) is 4.18. The Morgan fingerprint density at radius 3 is 2.69 bits per heavy atom. The van der Waals surface area contributed by atoms with Crippen molar-refractivity contribution in [2.75, 3.05) is 13.2 Å². The molecule has 0 aliphatic carbocycles. The number of rotatable bonds is 6. The molecule has 0 aromatic heterocycles. The standard InChI is InChI=1S/C28H31F4N3O4/c1-2-6-23-27(38)35-24(25(36)17-33-16-18-7-5-8-20(11-18)28(30,31)32)14-19-12-21(29)15-22(13-19)39-10-4-3-9-26(37)34-23/h1,5,7-8,11-13,15,23-25,33,36H,3-4,6,9-10,14,16-17H2,(H,34,37)(H,35,38)/t23-,24-,25+/m0/s1. The van der Waals surface area contributed by atoms with E-state index in [9.17, 15) is 32.3 Å². The Labute approximate surface area is 224 Å². The molecular formula is C28H31F4N3O4. The Kier molecular flexibility index (Phi) is 10.7. The largest absolute Gasteiger partial charge is 0.493 e. The van der Waals surface area contributed by atoms with Gasteiger partial charge >= 0.3 is 6.18 Å². The average Bonchev–Trinajstić information content (AvgIpc) is 2.87. The third kappa shape index (κ3) is 9.57. The first-order chi connectivity index (χ1) is 18.5. The van der Waals surface area contributed by atoms with Gasteiger partial charge in [-0.25, -0.2) is 4.39 Å². The van der Waals surface area contributed by atoms with Crippen LogP contribution in [0.1, 0.15) is 42.4 Å². The van der Waals surface area contributed by atoms with Crippen molar-refractivity contribution in [3.05, 3.63) is 65.0 Å². The SMILES string of the molecule is C#CC[C@@H]1NC(=O)CCCCOc2cc(F)cc(c2)C[C@@H]([C@H](O)CNCc2cccc(C(F)(F)F)c2)NC1=O. The predicted octanol–water partition coefficient (Wildman–Crippen LogP) is 3.09. The first-order valence-corrected chi connectivity index (χ1v) is 12.6. The second-order valence-corrected chi connectivity index (χ2v) is 9.34. The van der Waals surface area contributed by atoms with Crippen LogP contribution in [0.2, 0.25) is 0 Å². The first-order valence-electron chi connectivity index (χ1n) is 12.6. The predicted molar refractivity (Wildman–Crippen MR) is 136 cm³/mol. The zero-order valence-electron chi connectivity index (χ0n) is 21.2. The van der Waals surface area contributed by atoms with Gasteiger partial charge < -0.3 is 25.8 Å². The molecule has 7 nitrogen and oxygen atoms in total. The Morgan fingerprint density at radius 2 is 1.95 bits per heavy atom. The summed E-state index contributed by atoms with van der Waals surface area (Å²) in [4.78, 5) is 25.4. The minimum Gasteiger partial charge on any atom is -0.493 e. The summed E-state index contributed by atoms with van der Waals surface area (Å²) >= 11 is 0. The van der Waals surface area contributed by atoms with Crippen molar-refractivity contribution < 1.29 is 37.0 Å². The quantitative estimate of drug-likeness (QED) is 0.328. The van der Waals surface area contributed by atoms with Crippen LogP contribution in [0.3, 0.4) is 0 Å². The lowest BCUT2D eigenvalue weighted by Gasteiger charge is -2.27. The van der Waals surface area contributed by atoms with Crippen molar-refractivity contribution in [3.63, 3.8) is 0 Å². The molecule has 2 aromatic rings. The zero-order chi connectivity index (χ0) is 28.4. The zero-order valence-corrected chi connectivity index (χ0v) is 21.2. The van der Waals surface area contributed by atoms with Crippen molar-refractivity contribution in [2.45, 2.75) is 63.0 Å². The minimum atomic E-state index is -4.48. The van der Waals surface area contributed by atoms with Crippen LogP contribution in [0.15, 0.2) is 42.5 Å². The number of hydrogen-bond acceptors (Lipinski definition) is 5. The van der Waals surface area contributed by atoms with E-state index in [-0.39, 0.29) is 50.6 Å². The molecule has 1 heterocycles. The molecule has 0 radical (unpaired) electrons. The number of benzene rings is 2. The number of alkyl halides is 3. The number of nitrogens with one attached hydrogen (secondary N) is 3. The maximum atomic E-state index is 14.3. The number of hydrogen-bond donors (Lipinski definition) is 4. The van der Waals surface area contributed by atoms with Crippen LogP contribution >= 0.6 is 0 Å². The van der Waals surface area contributed by atoms with E-state index in [2.05, 4.69) is 21.9 Å². The van der Waals surface area contributed by atoms with Gasteiger partial charge in [0.1, 0.15) is 17.6 Å². The smallest absolute Gasteiger partial charge is 0.416 e. The summed E-state index contributed by atoms with van der Waals surface area (Å²) in [6.45, 7) is 0.175. The topological polar surface area (TPSA) is 99.7 Å². The number of terminal acetylenes is 1. The highest BCUT2D eigenvalue weighted by atomic mass is 19.4. The van der Waals surface area contributed by atoms with Gasteiger partial charge in [0, 0.05) is 32.0 Å². The van der Waals surface area contributed by atoms with Gasteiger partial charge in [0.2, 0.25) is 11.8 Å². The molecule has 1 aliphatic rings. The van der Waals surface area contributed by atoms with Crippen LogP contribution in [-0.4, -0.2) is 48.3 Å². The molecule has 210 valence electrons. The van der Waals surface area contributed by atoms with Crippen LogP contribution in [-0.2, 0) is 28.7 Å². The summed E-state index contributed by atoms with van der Waals surface area (Å²) in [5, 5.41) is 19.2. The highest BCUT2D eigenvalue weighted by Crippen LogP contribution is 2.29. The molecule has 1 aliphatic heterocycles. The summed E-state index contributed by atoms with van der Waals surface area (Å²) < 4.78 is 59.0. The molecule has 0 spiro atoms. The summed E-state index contributed by atoms with van der Waals surface area (Å²) in [6, 6.07) is 6.86. The fraction of sp³-hybridized carbons (Fsp3) is 0.429.